The summed E-state index contributed by atoms with van der Waals surface area (Å²) >= 11 is 13.2. The van der Waals surface area contributed by atoms with Gasteiger partial charge in [-0.05, 0) is 11.6 Å². The normalized spacial score (nSPS) is 14.2. The lowest BCUT2D eigenvalue weighted by Gasteiger charge is -2.36. The fourth-order valence-electron chi connectivity index (χ4n) is 2.49. The van der Waals surface area contributed by atoms with Gasteiger partial charge in [0.2, 0.25) is 5.28 Å². The van der Waals surface area contributed by atoms with Gasteiger partial charge in [-0.25, -0.2) is 14.2 Å². The second kappa shape index (κ2) is 7.18. The van der Waals surface area contributed by atoms with Gasteiger partial charge in [0.25, 0.3) is 0 Å². The summed E-state index contributed by atoms with van der Waals surface area (Å²) in [5, 5.41) is 1.66. The first-order chi connectivity index (χ1) is 11.6. The van der Waals surface area contributed by atoms with E-state index in [1.54, 1.807) is 11.6 Å². The summed E-state index contributed by atoms with van der Waals surface area (Å²) in [4.78, 5) is 23.9. The Hall–Kier alpha value is -1.48. The summed E-state index contributed by atoms with van der Waals surface area (Å²) < 4.78 is 18.7. The van der Waals surface area contributed by atoms with E-state index >= 15 is 0 Å². The molecule has 10 heteroatoms. The number of aromatic nitrogens is 2. The van der Waals surface area contributed by atoms with Gasteiger partial charge in [0.1, 0.15) is 16.8 Å². The van der Waals surface area contributed by atoms with Crippen molar-refractivity contribution < 1.29 is 13.9 Å². The van der Waals surface area contributed by atoms with E-state index in [-0.39, 0.29) is 24.4 Å². The molecule has 3 rings (SSSR count). The Morgan fingerprint density at radius 1 is 1.46 bits per heavy atom. The summed E-state index contributed by atoms with van der Waals surface area (Å²) in [5.41, 5.74) is 1.46. The Morgan fingerprint density at radius 3 is 2.96 bits per heavy atom. The highest BCUT2D eigenvalue weighted by atomic mass is 35.5. The molecule has 1 aliphatic rings. The fourth-order valence-corrected chi connectivity index (χ4v) is 3.75. The van der Waals surface area contributed by atoms with Gasteiger partial charge in [-0.3, -0.25) is 9.80 Å². The zero-order valence-corrected chi connectivity index (χ0v) is 15.0. The molecule has 0 aromatic carbocycles. The number of methoxy groups -OCH3 is 1. The molecule has 2 amide bonds. The quantitative estimate of drug-likeness (QED) is 0.726. The number of alkyl halides is 1. The topological polar surface area (TPSA) is 58.6 Å². The summed E-state index contributed by atoms with van der Waals surface area (Å²) in [6, 6.07) is -0.357. The number of thiophene rings is 1. The van der Waals surface area contributed by atoms with Crippen molar-refractivity contribution in [2.75, 3.05) is 30.1 Å². The average Bonchev–Trinajstić information content (AvgIpc) is 2.94. The molecule has 0 bridgehead atoms. The Kier molecular flexibility index (Phi) is 5.19. The highest BCUT2D eigenvalue weighted by Crippen LogP contribution is 2.40. The fraction of sp³-hybridized carbons (Fsp3) is 0.357. The van der Waals surface area contributed by atoms with E-state index in [2.05, 4.69) is 9.97 Å². The molecule has 2 aromatic heterocycles. The van der Waals surface area contributed by atoms with E-state index in [0.717, 1.165) is 0 Å². The number of carbonyl (C=O) groups is 1. The van der Waals surface area contributed by atoms with Crippen molar-refractivity contribution in [2.24, 2.45) is 0 Å². The maximum absolute atomic E-state index is 13.3. The lowest BCUT2D eigenvalue weighted by Crippen LogP contribution is -2.49. The van der Waals surface area contributed by atoms with E-state index in [4.69, 9.17) is 27.9 Å². The smallest absolute Gasteiger partial charge is 0.330 e. The van der Waals surface area contributed by atoms with Crippen LogP contribution in [0.1, 0.15) is 11.1 Å². The van der Waals surface area contributed by atoms with Crippen molar-refractivity contribution in [3.8, 4) is 0 Å². The molecule has 0 N–H and O–H groups in total. The number of hydrogen-bond donors (Lipinski definition) is 0. The Bertz CT molecular complexity index is 773. The van der Waals surface area contributed by atoms with Crippen molar-refractivity contribution in [3.63, 3.8) is 0 Å². The first-order valence-corrected chi connectivity index (χ1v) is 8.61. The summed E-state index contributed by atoms with van der Waals surface area (Å²) in [6.45, 7) is 0.0789. The number of rotatable bonds is 5. The van der Waals surface area contributed by atoms with Crippen LogP contribution in [0.2, 0.25) is 9.62 Å². The maximum atomic E-state index is 13.3. The molecular weight excluding hydrogens is 378 g/mol. The Labute approximate surface area is 151 Å². The highest BCUT2D eigenvalue weighted by molar-refractivity contribution is 7.15. The van der Waals surface area contributed by atoms with Crippen LogP contribution in [0.4, 0.5) is 20.7 Å². The zero-order chi connectivity index (χ0) is 17.3. The summed E-state index contributed by atoms with van der Waals surface area (Å²) in [7, 11) is 1.54. The first-order valence-electron chi connectivity index (χ1n) is 6.98. The van der Waals surface area contributed by atoms with Crippen LogP contribution >= 0.6 is 34.5 Å². The van der Waals surface area contributed by atoms with E-state index in [1.165, 1.54) is 28.2 Å². The van der Waals surface area contributed by atoms with Crippen molar-refractivity contribution in [1.82, 2.24) is 9.97 Å². The molecule has 0 saturated heterocycles. The Balaban J connectivity index is 2.06. The van der Waals surface area contributed by atoms with Crippen LogP contribution in [-0.4, -0.2) is 36.3 Å². The molecule has 128 valence electrons. The number of halogens is 3. The van der Waals surface area contributed by atoms with Crippen LogP contribution in [0.15, 0.2) is 11.6 Å². The van der Waals surface area contributed by atoms with E-state index in [9.17, 15) is 9.18 Å². The third-order valence-electron chi connectivity index (χ3n) is 3.59. The van der Waals surface area contributed by atoms with Crippen LogP contribution in [0.25, 0.3) is 0 Å². The number of carbonyl (C=O) groups excluding carboxylic acids is 1. The molecule has 0 radical (unpaired) electrons. The number of urea groups is 1. The molecular formula is C14H13Cl2FN4O2S. The number of nitrogens with zero attached hydrogens (tertiary/aromatic N) is 4. The number of hydrogen-bond acceptors (Lipinski definition) is 5. The largest absolute Gasteiger partial charge is 0.383 e. The summed E-state index contributed by atoms with van der Waals surface area (Å²) in [5.74, 6) is 0.432. The van der Waals surface area contributed by atoms with Crippen LogP contribution in [-0.2, 0) is 18.0 Å². The molecule has 3 heterocycles. The van der Waals surface area contributed by atoms with Gasteiger partial charge in [0, 0.05) is 29.8 Å². The molecule has 0 unspecified atom stereocenters. The van der Waals surface area contributed by atoms with E-state index < -0.39 is 6.67 Å². The number of fused-ring (bicyclic) bond motifs is 1. The third kappa shape index (κ3) is 3.06. The molecule has 0 fully saturated rings. The molecule has 6 nitrogen and oxygen atoms in total. The van der Waals surface area contributed by atoms with Crippen LogP contribution in [0.5, 0.6) is 0 Å². The van der Waals surface area contributed by atoms with Crippen molar-refractivity contribution in [1.29, 1.82) is 0 Å². The number of ether oxygens (including phenoxy) is 1. The molecule has 0 aliphatic carbocycles. The minimum absolute atomic E-state index is 0.0513. The second-order valence-corrected chi connectivity index (χ2v) is 6.84. The van der Waals surface area contributed by atoms with Crippen LogP contribution in [0, 0.1) is 0 Å². The van der Waals surface area contributed by atoms with Gasteiger partial charge in [-0.2, -0.15) is 4.98 Å². The van der Waals surface area contributed by atoms with E-state index in [0.29, 0.717) is 33.6 Å². The number of anilines is 2. The van der Waals surface area contributed by atoms with Crippen molar-refractivity contribution >= 4 is 52.1 Å². The molecule has 1 aliphatic heterocycles. The molecule has 0 atom stereocenters. The highest BCUT2D eigenvalue weighted by Gasteiger charge is 2.35. The number of amides is 2. The Morgan fingerprint density at radius 2 is 2.25 bits per heavy atom. The molecule has 0 spiro atoms. The predicted octanol–water partition coefficient (Wildman–Crippen LogP) is 3.91. The predicted molar refractivity (Wildman–Crippen MR) is 92.0 cm³/mol. The standard InChI is InChI=1S/C14H13Cl2FN4O2S/c1-23-3-2-20-12-9(5-18-13(16)19-12)6-21(14(20)22)10-8(4-17)7-24-11(10)15/h5,7H,2-4,6H2,1H3. The van der Waals surface area contributed by atoms with Gasteiger partial charge >= 0.3 is 6.03 Å². The lowest BCUT2D eigenvalue weighted by molar-refractivity contribution is 0.202. The van der Waals surface area contributed by atoms with Crippen molar-refractivity contribution in [2.45, 2.75) is 13.2 Å². The molecule has 2 aromatic rings. The molecule has 24 heavy (non-hydrogen) atoms. The SMILES string of the molecule is COCCN1C(=O)N(c2c(CF)csc2Cl)Cc2cnc(Cl)nc21. The summed E-state index contributed by atoms with van der Waals surface area (Å²) in [6.07, 6.45) is 1.55. The van der Waals surface area contributed by atoms with Gasteiger partial charge in [0.05, 0.1) is 25.4 Å². The third-order valence-corrected chi connectivity index (χ3v) is 5.02. The first kappa shape index (κ1) is 17.3. The lowest BCUT2D eigenvalue weighted by atomic mass is 10.2. The average molecular weight is 391 g/mol. The minimum Gasteiger partial charge on any atom is -0.383 e. The van der Waals surface area contributed by atoms with Crippen LogP contribution in [0.3, 0.4) is 0 Å². The monoisotopic (exact) mass is 390 g/mol. The van der Waals surface area contributed by atoms with Gasteiger partial charge in [-0.15, -0.1) is 11.3 Å². The van der Waals surface area contributed by atoms with Crippen LogP contribution < -0.4 is 9.80 Å². The van der Waals surface area contributed by atoms with Gasteiger partial charge in [0.15, 0.2) is 0 Å². The minimum atomic E-state index is -0.704. The zero-order valence-electron chi connectivity index (χ0n) is 12.6. The van der Waals surface area contributed by atoms with Crippen molar-refractivity contribution in [3.05, 3.63) is 32.3 Å². The maximum Gasteiger partial charge on any atom is 0.330 e. The second-order valence-electron chi connectivity index (χ2n) is 5.02. The molecule has 0 saturated carbocycles. The van der Waals surface area contributed by atoms with Gasteiger partial charge < -0.3 is 4.74 Å². The van der Waals surface area contributed by atoms with Gasteiger partial charge in [-0.1, -0.05) is 11.6 Å². The van der Waals surface area contributed by atoms with E-state index in [1.807, 2.05) is 0 Å².